The van der Waals surface area contributed by atoms with E-state index in [0.29, 0.717) is 42.0 Å². The maximum atomic E-state index is 12.8. The molecular weight excluding hydrogens is 921 g/mol. The summed E-state index contributed by atoms with van der Waals surface area (Å²) in [5, 5.41) is 58.7. The minimum Gasteiger partial charge on any atom is -0.505 e. The first-order chi connectivity index (χ1) is 33.9. The molecule has 2 aliphatic rings. The fourth-order valence-electron chi connectivity index (χ4n) is 8.21. The van der Waals surface area contributed by atoms with Gasteiger partial charge in [0.15, 0.2) is 35.1 Å². The van der Waals surface area contributed by atoms with E-state index in [-0.39, 0.29) is 11.9 Å². The number of imidazole rings is 1. The number of ether oxygens (including phenoxy) is 4. The molecule has 384 valence electrons. The Hall–Kier alpha value is -6.72. The lowest BCUT2D eigenvalue weighted by Crippen LogP contribution is -2.53. The van der Waals surface area contributed by atoms with Crippen LogP contribution in [0.1, 0.15) is 43.2 Å². The van der Waals surface area contributed by atoms with E-state index in [2.05, 4.69) is 75.2 Å². The molecule has 0 unspecified atom stereocenters. The van der Waals surface area contributed by atoms with E-state index < -0.39 is 84.9 Å². The van der Waals surface area contributed by atoms with Crippen LogP contribution < -0.4 is 20.7 Å². The molecule has 9 atom stereocenters. The summed E-state index contributed by atoms with van der Waals surface area (Å²) in [4.78, 5) is 52.5. The molecule has 3 aromatic carbocycles. The number of fused-ring (bicyclic) bond motifs is 1. The maximum Gasteiger partial charge on any atom is 0.377 e. The Bertz CT molecular complexity index is 2530. The number of hydrogen-bond donors (Lipinski definition) is 8. The molecule has 2 aliphatic heterocycles. The van der Waals surface area contributed by atoms with Gasteiger partial charge in [0.2, 0.25) is 11.7 Å². The number of benzene rings is 3. The minimum atomic E-state index is -1.42. The highest BCUT2D eigenvalue weighted by Gasteiger charge is 2.46. The van der Waals surface area contributed by atoms with E-state index in [0.717, 1.165) is 17.7 Å². The first-order valence-electron chi connectivity index (χ1n) is 23.0. The van der Waals surface area contributed by atoms with E-state index >= 15 is 0 Å². The number of aromatic nitrogens is 4. The normalized spacial score (nSPS) is 20.6. The number of esters is 2. The standard InChI is InChI=1S/C22H29N7O5.C22H29NO2.C6H8O6/c1-28(2)19-17-20(25-10-24-19)29(11-26-17)22-18(31)16(15(9-30)34-22)27-21(32)14(23)8-12-4-6-13(33-3)7-5-12;1-5-21(24)25-22(18(2)17-23(3)4,20-14-10-7-11-15-20)16-19-12-8-6-9-13-19;7-1-2(8)5-3(9)4(10)6(11)12-5/h4-7,10-11,14-16,18,22,30-31H,8-9,23H2,1-3H3,(H,27,32);6-15,18H,5,16-17H2,1-4H3;2,5,7-10H,1H2/t14-,15+,16+,18+,22+;18-,22+;2-,5+/m010/s1. The number of amides is 1. The molecule has 1 amide bonds. The summed E-state index contributed by atoms with van der Waals surface area (Å²) in [5.41, 5.74) is 9.52. The quantitative estimate of drug-likeness (QED) is 0.0583. The summed E-state index contributed by atoms with van der Waals surface area (Å²) in [6.45, 7) is 3.76. The number of nitrogens with two attached hydrogens (primary N) is 1. The van der Waals surface area contributed by atoms with E-state index in [1.165, 1.54) is 18.2 Å². The maximum absolute atomic E-state index is 12.8. The van der Waals surface area contributed by atoms with Gasteiger partial charge >= 0.3 is 11.9 Å². The third-order valence-corrected chi connectivity index (χ3v) is 11.9. The Balaban J connectivity index is 0.000000221. The first-order valence-corrected chi connectivity index (χ1v) is 23.0. The lowest BCUT2D eigenvalue weighted by atomic mass is 9.77. The summed E-state index contributed by atoms with van der Waals surface area (Å²) in [5.74, 6) is -1.94. The van der Waals surface area contributed by atoms with Crippen molar-refractivity contribution in [1.29, 1.82) is 0 Å². The second-order valence-corrected chi connectivity index (χ2v) is 17.6. The Morgan fingerprint density at radius 3 is 2.14 bits per heavy atom. The Morgan fingerprint density at radius 1 is 0.944 bits per heavy atom. The van der Waals surface area contributed by atoms with Crippen LogP contribution in [0.2, 0.25) is 0 Å². The fourth-order valence-corrected chi connectivity index (χ4v) is 8.21. The topological polar surface area (TPSA) is 298 Å². The van der Waals surface area contributed by atoms with Crippen LogP contribution in [0.4, 0.5) is 5.82 Å². The van der Waals surface area contributed by atoms with Gasteiger partial charge in [-0.1, -0.05) is 86.6 Å². The number of aliphatic hydroxyl groups is 6. The minimum absolute atomic E-state index is 0.139. The fraction of sp³-hybridized carbons (Fsp3) is 0.440. The molecule has 1 saturated heterocycles. The van der Waals surface area contributed by atoms with Gasteiger partial charge in [-0.2, -0.15) is 0 Å². The third-order valence-electron chi connectivity index (χ3n) is 11.9. The van der Waals surface area contributed by atoms with E-state index in [1.807, 2.05) is 69.6 Å². The summed E-state index contributed by atoms with van der Waals surface area (Å²) < 4.78 is 23.1. The number of nitrogens with zero attached hydrogens (tertiary/aromatic N) is 6. The highest BCUT2D eigenvalue weighted by molar-refractivity contribution is 5.89. The van der Waals surface area contributed by atoms with Gasteiger partial charge in [-0.3, -0.25) is 14.2 Å². The molecule has 2 aromatic heterocycles. The Kier molecular flexibility index (Phi) is 19.8. The van der Waals surface area contributed by atoms with Crippen molar-refractivity contribution in [3.05, 3.63) is 126 Å². The summed E-state index contributed by atoms with van der Waals surface area (Å²) in [6, 6.07) is 25.9. The molecular formula is C50H66N8O13. The molecule has 7 rings (SSSR count). The molecule has 21 heteroatoms. The summed E-state index contributed by atoms with van der Waals surface area (Å²) >= 11 is 0. The average Bonchev–Trinajstić information content (AvgIpc) is 4.02. The zero-order valence-electron chi connectivity index (χ0n) is 40.9. The van der Waals surface area contributed by atoms with Crippen molar-refractivity contribution in [3.8, 4) is 5.75 Å². The van der Waals surface area contributed by atoms with Crippen molar-refractivity contribution in [2.75, 3.05) is 60.0 Å². The van der Waals surface area contributed by atoms with Gasteiger partial charge in [-0.15, -0.1) is 0 Å². The van der Waals surface area contributed by atoms with E-state index in [1.54, 1.807) is 28.7 Å². The predicted octanol–water partition coefficient (Wildman–Crippen LogP) is 2.07. The number of cyclic esters (lactones) is 1. The summed E-state index contributed by atoms with van der Waals surface area (Å²) in [6.07, 6.45) is -1.49. The largest absolute Gasteiger partial charge is 0.505 e. The predicted molar refractivity (Wildman–Crippen MR) is 261 cm³/mol. The van der Waals surface area contributed by atoms with Crippen LogP contribution in [0.25, 0.3) is 11.2 Å². The monoisotopic (exact) mass is 986 g/mol. The zero-order valence-corrected chi connectivity index (χ0v) is 40.9. The number of rotatable bonds is 18. The number of hydrogen-bond acceptors (Lipinski definition) is 19. The lowest BCUT2D eigenvalue weighted by Gasteiger charge is -2.40. The molecule has 0 saturated carbocycles. The third kappa shape index (κ3) is 13.6. The number of nitrogens with one attached hydrogen (secondary N) is 1. The second kappa shape index (κ2) is 25.4. The molecule has 9 N–H and O–H groups in total. The van der Waals surface area contributed by atoms with Gasteiger partial charge in [0.05, 0.1) is 38.7 Å². The van der Waals surface area contributed by atoms with Crippen LogP contribution in [0, 0.1) is 5.92 Å². The van der Waals surface area contributed by atoms with Crippen molar-refractivity contribution >= 4 is 34.8 Å². The number of anilines is 1. The molecule has 21 nitrogen and oxygen atoms in total. The zero-order chi connectivity index (χ0) is 52.0. The van der Waals surface area contributed by atoms with Crippen LogP contribution in [0.3, 0.4) is 0 Å². The molecule has 5 aromatic rings. The van der Waals surface area contributed by atoms with E-state index in [4.69, 9.17) is 40.4 Å². The van der Waals surface area contributed by atoms with Crippen LogP contribution in [0.5, 0.6) is 5.75 Å². The van der Waals surface area contributed by atoms with Gasteiger partial charge in [0.1, 0.15) is 36.0 Å². The molecule has 0 bridgehead atoms. The van der Waals surface area contributed by atoms with Gasteiger partial charge in [0.25, 0.3) is 0 Å². The Labute approximate surface area is 412 Å². The number of carbonyl (C=O) groups is 3. The van der Waals surface area contributed by atoms with E-state index in [9.17, 15) is 24.6 Å². The van der Waals surface area contributed by atoms with Gasteiger partial charge in [-0.25, -0.2) is 19.7 Å². The van der Waals surface area contributed by atoms with Crippen molar-refractivity contribution in [3.63, 3.8) is 0 Å². The second-order valence-electron chi connectivity index (χ2n) is 17.6. The number of carbonyl (C=O) groups excluding carboxylic acids is 3. The summed E-state index contributed by atoms with van der Waals surface area (Å²) in [7, 11) is 9.36. The van der Waals surface area contributed by atoms with Gasteiger partial charge < -0.3 is 70.4 Å². The average molecular weight is 987 g/mol. The molecule has 71 heavy (non-hydrogen) atoms. The molecule has 0 aliphatic carbocycles. The highest BCUT2D eigenvalue weighted by atomic mass is 16.6. The molecule has 0 radical (unpaired) electrons. The van der Waals surface area contributed by atoms with Crippen molar-refractivity contribution in [2.24, 2.45) is 11.7 Å². The molecule has 1 fully saturated rings. The number of methoxy groups -OCH3 is 1. The van der Waals surface area contributed by atoms with Crippen molar-refractivity contribution < 1.29 is 64.0 Å². The SMILES string of the molecule is CCC(=O)O[C@](Cc1ccccc1)(c1ccccc1)[C@H](C)CN(C)C.COc1ccc(C[C@H](N)C(=O)N[C@H]2[C@@H](O)[C@H](n3cnc4c(N(C)C)ncnc43)O[C@@H]2CO)cc1.O=C1O[C@H]([C@@H](O)CO)C(O)=C1O. The lowest BCUT2D eigenvalue weighted by molar-refractivity contribution is -0.168. The van der Waals surface area contributed by atoms with Crippen LogP contribution >= 0.6 is 0 Å². The first kappa shape index (κ1) is 55.2. The smallest absolute Gasteiger partial charge is 0.377 e. The Morgan fingerprint density at radius 2 is 1.59 bits per heavy atom. The van der Waals surface area contributed by atoms with Crippen molar-refractivity contribution in [1.82, 2.24) is 29.7 Å². The molecule has 0 spiro atoms. The van der Waals surface area contributed by atoms with Crippen LogP contribution in [-0.2, 0) is 47.0 Å². The highest BCUT2D eigenvalue weighted by Crippen LogP contribution is 2.39. The van der Waals surface area contributed by atoms with Crippen LogP contribution in [-0.4, -0.2) is 164 Å². The van der Waals surface area contributed by atoms with Gasteiger partial charge in [0, 0.05) is 39.4 Å². The van der Waals surface area contributed by atoms with Crippen molar-refractivity contribution in [2.45, 2.75) is 81.4 Å². The number of aliphatic hydroxyl groups excluding tert-OH is 6. The molecule has 4 heterocycles. The van der Waals surface area contributed by atoms with Crippen LogP contribution in [0.15, 0.2) is 109 Å². The van der Waals surface area contributed by atoms with Gasteiger partial charge in [-0.05, 0) is 49.3 Å².